The lowest BCUT2D eigenvalue weighted by atomic mass is 9.95. The molecule has 5 nitrogen and oxygen atoms in total. The Bertz CT molecular complexity index is 930. The standard InChI is InChI=1S/C21H22FN3O2/c22-15-6-8-17(9-7-15)27-18-10-11-20-19(12-18)23-14-25(20)13-21(26)24-16-4-2-1-3-5-16/h6-12,14,16H,1-5,13H2,(H,24,26). The molecule has 0 radical (unpaired) electrons. The predicted molar refractivity (Wildman–Crippen MR) is 101 cm³/mol. The number of nitrogens with zero attached hydrogens (tertiary/aromatic N) is 2. The van der Waals surface area contributed by atoms with Gasteiger partial charge in [0.05, 0.1) is 17.4 Å². The van der Waals surface area contributed by atoms with Gasteiger partial charge in [0, 0.05) is 12.1 Å². The van der Waals surface area contributed by atoms with Crippen molar-refractivity contribution in [3.63, 3.8) is 0 Å². The number of hydrogen-bond acceptors (Lipinski definition) is 3. The second-order valence-electron chi connectivity index (χ2n) is 6.98. The number of carbonyl (C=O) groups is 1. The van der Waals surface area contributed by atoms with E-state index in [0.29, 0.717) is 17.5 Å². The molecule has 0 bridgehead atoms. The zero-order valence-electron chi connectivity index (χ0n) is 15.0. The molecule has 0 unspecified atom stereocenters. The van der Waals surface area contributed by atoms with Gasteiger partial charge in [-0.15, -0.1) is 0 Å². The van der Waals surface area contributed by atoms with E-state index in [-0.39, 0.29) is 18.3 Å². The number of imidazole rings is 1. The number of carbonyl (C=O) groups excluding carboxylic acids is 1. The lowest BCUT2D eigenvalue weighted by Gasteiger charge is -2.22. The van der Waals surface area contributed by atoms with Gasteiger partial charge in [-0.05, 0) is 49.2 Å². The first-order valence-corrected chi connectivity index (χ1v) is 9.35. The van der Waals surface area contributed by atoms with Crippen LogP contribution in [0.2, 0.25) is 0 Å². The minimum absolute atomic E-state index is 0.0211. The number of hydrogen-bond donors (Lipinski definition) is 1. The maximum atomic E-state index is 13.0. The third-order valence-electron chi connectivity index (χ3n) is 4.93. The topological polar surface area (TPSA) is 56.2 Å². The second kappa shape index (κ2) is 7.78. The van der Waals surface area contributed by atoms with Gasteiger partial charge in [0.1, 0.15) is 23.9 Å². The molecule has 1 aliphatic rings. The van der Waals surface area contributed by atoms with Crippen LogP contribution in [-0.2, 0) is 11.3 Å². The molecule has 1 aromatic heterocycles. The number of ether oxygens (including phenoxy) is 1. The largest absolute Gasteiger partial charge is 0.457 e. The van der Waals surface area contributed by atoms with Crippen LogP contribution in [0.25, 0.3) is 11.0 Å². The van der Waals surface area contributed by atoms with E-state index in [1.54, 1.807) is 18.5 Å². The molecule has 1 saturated carbocycles. The highest BCUT2D eigenvalue weighted by molar-refractivity contribution is 5.81. The van der Waals surface area contributed by atoms with Crippen molar-refractivity contribution in [2.75, 3.05) is 0 Å². The average molecular weight is 367 g/mol. The van der Waals surface area contributed by atoms with Crippen LogP contribution in [0.1, 0.15) is 32.1 Å². The predicted octanol–water partition coefficient (Wildman–Crippen LogP) is 4.42. The third kappa shape index (κ3) is 4.27. The first kappa shape index (κ1) is 17.5. The molecule has 2 aromatic carbocycles. The SMILES string of the molecule is O=C(Cn1cnc2cc(Oc3ccc(F)cc3)ccc21)NC1CCCCC1. The van der Waals surface area contributed by atoms with Gasteiger partial charge in [-0.2, -0.15) is 0 Å². The molecule has 1 N–H and O–H groups in total. The Morgan fingerprint density at radius 2 is 1.85 bits per heavy atom. The van der Waals surface area contributed by atoms with Crippen molar-refractivity contribution in [1.29, 1.82) is 0 Å². The second-order valence-corrected chi connectivity index (χ2v) is 6.98. The lowest BCUT2D eigenvalue weighted by Crippen LogP contribution is -2.38. The smallest absolute Gasteiger partial charge is 0.240 e. The minimum atomic E-state index is -0.303. The van der Waals surface area contributed by atoms with E-state index in [2.05, 4.69) is 10.3 Å². The molecule has 6 heteroatoms. The van der Waals surface area contributed by atoms with Gasteiger partial charge in [-0.1, -0.05) is 19.3 Å². The van der Waals surface area contributed by atoms with Crippen LogP contribution in [0.15, 0.2) is 48.8 Å². The number of benzene rings is 2. The number of halogens is 1. The van der Waals surface area contributed by atoms with Crippen LogP contribution in [0.4, 0.5) is 4.39 Å². The number of amides is 1. The zero-order chi connectivity index (χ0) is 18.6. The number of rotatable bonds is 5. The van der Waals surface area contributed by atoms with E-state index >= 15 is 0 Å². The summed E-state index contributed by atoms with van der Waals surface area (Å²) in [5.74, 6) is 0.893. The van der Waals surface area contributed by atoms with Crippen molar-refractivity contribution in [1.82, 2.24) is 14.9 Å². The minimum Gasteiger partial charge on any atom is -0.457 e. The Hall–Kier alpha value is -2.89. The molecule has 3 aromatic rings. The van der Waals surface area contributed by atoms with E-state index in [9.17, 15) is 9.18 Å². The van der Waals surface area contributed by atoms with Gasteiger partial charge in [0.15, 0.2) is 0 Å². The maximum Gasteiger partial charge on any atom is 0.240 e. The molecule has 0 atom stereocenters. The van der Waals surface area contributed by atoms with Crippen molar-refractivity contribution in [3.8, 4) is 11.5 Å². The van der Waals surface area contributed by atoms with E-state index in [1.807, 2.05) is 22.8 Å². The molecule has 140 valence electrons. The highest BCUT2D eigenvalue weighted by atomic mass is 19.1. The fourth-order valence-electron chi connectivity index (χ4n) is 3.55. The molecule has 0 spiro atoms. The molecular formula is C21H22FN3O2. The van der Waals surface area contributed by atoms with Crippen LogP contribution < -0.4 is 10.1 Å². The Balaban J connectivity index is 1.43. The maximum absolute atomic E-state index is 13.0. The van der Waals surface area contributed by atoms with Gasteiger partial charge in [-0.3, -0.25) is 4.79 Å². The number of aromatic nitrogens is 2. The number of fused-ring (bicyclic) bond motifs is 1. The zero-order valence-corrected chi connectivity index (χ0v) is 15.0. The molecule has 4 rings (SSSR count). The molecule has 0 aliphatic heterocycles. The highest BCUT2D eigenvalue weighted by Gasteiger charge is 2.16. The molecule has 1 fully saturated rings. The fourth-order valence-corrected chi connectivity index (χ4v) is 3.55. The summed E-state index contributed by atoms with van der Waals surface area (Å²) in [5.41, 5.74) is 1.63. The molecule has 1 aliphatic carbocycles. The third-order valence-corrected chi connectivity index (χ3v) is 4.93. The molecular weight excluding hydrogens is 345 g/mol. The average Bonchev–Trinajstić information content (AvgIpc) is 3.06. The van der Waals surface area contributed by atoms with Crippen molar-refractivity contribution >= 4 is 16.9 Å². The quantitative estimate of drug-likeness (QED) is 0.726. The monoisotopic (exact) mass is 367 g/mol. The summed E-state index contributed by atoms with van der Waals surface area (Å²) in [4.78, 5) is 16.7. The summed E-state index contributed by atoms with van der Waals surface area (Å²) in [6.45, 7) is 0.255. The summed E-state index contributed by atoms with van der Waals surface area (Å²) in [6.07, 6.45) is 7.46. The van der Waals surface area contributed by atoms with Crippen molar-refractivity contribution in [2.24, 2.45) is 0 Å². The fraction of sp³-hybridized carbons (Fsp3) is 0.333. The van der Waals surface area contributed by atoms with Crippen LogP contribution in [0, 0.1) is 5.82 Å². The molecule has 0 saturated heterocycles. The molecule has 1 heterocycles. The van der Waals surface area contributed by atoms with E-state index in [4.69, 9.17) is 4.74 Å². The first-order chi connectivity index (χ1) is 13.2. The summed E-state index contributed by atoms with van der Waals surface area (Å²) in [5, 5.41) is 3.13. The van der Waals surface area contributed by atoms with Crippen LogP contribution >= 0.6 is 0 Å². The Labute approximate surface area is 157 Å². The first-order valence-electron chi connectivity index (χ1n) is 9.35. The van der Waals surface area contributed by atoms with Gasteiger partial charge >= 0.3 is 0 Å². The van der Waals surface area contributed by atoms with Crippen LogP contribution in [-0.4, -0.2) is 21.5 Å². The lowest BCUT2D eigenvalue weighted by molar-refractivity contribution is -0.122. The summed E-state index contributed by atoms with van der Waals surface area (Å²) in [7, 11) is 0. The van der Waals surface area contributed by atoms with Gasteiger partial charge in [-0.25, -0.2) is 9.37 Å². The van der Waals surface area contributed by atoms with Crippen LogP contribution in [0.5, 0.6) is 11.5 Å². The number of nitrogens with one attached hydrogen (secondary N) is 1. The summed E-state index contributed by atoms with van der Waals surface area (Å²) in [6, 6.07) is 11.7. The van der Waals surface area contributed by atoms with Gasteiger partial charge in [0.2, 0.25) is 5.91 Å². The molecule has 27 heavy (non-hydrogen) atoms. The normalized spacial score (nSPS) is 15.0. The van der Waals surface area contributed by atoms with Crippen molar-refractivity contribution in [2.45, 2.75) is 44.7 Å². The van der Waals surface area contributed by atoms with Crippen LogP contribution in [0.3, 0.4) is 0 Å². The molecule has 1 amide bonds. The van der Waals surface area contributed by atoms with E-state index < -0.39 is 0 Å². The highest BCUT2D eigenvalue weighted by Crippen LogP contribution is 2.25. The van der Waals surface area contributed by atoms with Crippen molar-refractivity contribution in [3.05, 3.63) is 54.6 Å². The summed E-state index contributed by atoms with van der Waals surface area (Å²) >= 11 is 0. The van der Waals surface area contributed by atoms with Crippen molar-refractivity contribution < 1.29 is 13.9 Å². The Morgan fingerprint density at radius 3 is 2.63 bits per heavy atom. The Kier molecular flexibility index (Phi) is 5.05. The van der Waals surface area contributed by atoms with E-state index in [1.165, 1.54) is 31.4 Å². The summed E-state index contributed by atoms with van der Waals surface area (Å²) < 4.78 is 20.6. The van der Waals surface area contributed by atoms with Gasteiger partial charge < -0.3 is 14.6 Å². The Morgan fingerprint density at radius 1 is 1.11 bits per heavy atom. The van der Waals surface area contributed by atoms with Gasteiger partial charge in [0.25, 0.3) is 0 Å². The van der Waals surface area contributed by atoms with E-state index in [0.717, 1.165) is 23.9 Å².